The van der Waals surface area contributed by atoms with E-state index in [2.05, 4.69) is 51.3 Å². The van der Waals surface area contributed by atoms with Gasteiger partial charge in [0.05, 0.1) is 19.4 Å². The van der Waals surface area contributed by atoms with Crippen molar-refractivity contribution in [1.29, 1.82) is 0 Å². The van der Waals surface area contributed by atoms with Crippen molar-refractivity contribution in [3.63, 3.8) is 0 Å². The van der Waals surface area contributed by atoms with Gasteiger partial charge in [-0.05, 0) is 23.7 Å². The molecular formula is C17H32N2O2. The fourth-order valence-corrected chi connectivity index (χ4v) is 3.79. The molecule has 122 valence electrons. The lowest BCUT2D eigenvalue weighted by atomic mass is 9.82. The number of carbonyl (C=O) groups is 1. The smallest absolute Gasteiger partial charge is 0.240 e. The van der Waals surface area contributed by atoms with Gasteiger partial charge in [0.2, 0.25) is 5.91 Å². The third kappa shape index (κ3) is 3.59. The predicted octanol–water partition coefficient (Wildman–Crippen LogP) is 2.73. The summed E-state index contributed by atoms with van der Waals surface area (Å²) in [7, 11) is 0. The molecule has 21 heavy (non-hydrogen) atoms. The van der Waals surface area contributed by atoms with Gasteiger partial charge in [-0.1, -0.05) is 41.5 Å². The third-order valence-electron chi connectivity index (χ3n) is 4.73. The van der Waals surface area contributed by atoms with E-state index in [0.717, 1.165) is 32.5 Å². The number of amides is 1. The van der Waals surface area contributed by atoms with E-state index in [-0.39, 0.29) is 16.9 Å². The standard InChI is InChI=1S/C17H32N2O2/c1-16(2,3)13-8-7-9-19(13)15(20)14(17(4,5)6)18-10-11-21-12-18/h13-14H,7-12H2,1-6H3. The summed E-state index contributed by atoms with van der Waals surface area (Å²) in [4.78, 5) is 17.6. The Morgan fingerprint density at radius 3 is 2.29 bits per heavy atom. The van der Waals surface area contributed by atoms with Crippen LogP contribution in [-0.2, 0) is 9.53 Å². The maximum Gasteiger partial charge on any atom is 0.240 e. The van der Waals surface area contributed by atoms with Crippen LogP contribution in [0, 0.1) is 10.8 Å². The largest absolute Gasteiger partial charge is 0.365 e. The molecule has 0 bridgehead atoms. The second-order valence-corrected chi connectivity index (χ2v) is 8.67. The molecule has 0 aromatic carbocycles. The van der Waals surface area contributed by atoms with Gasteiger partial charge in [0.15, 0.2) is 0 Å². The van der Waals surface area contributed by atoms with Crippen molar-refractivity contribution >= 4 is 5.91 Å². The summed E-state index contributed by atoms with van der Waals surface area (Å²) in [5.74, 6) is 0.297. The summed E-state index contributed by atoms with van der Waals surface area (Å²) in [6.45, 7) is 16.3. The Balaban J connectivity index is 2.21. The lowest BCUT2D eigenvalue weighted by molar-refractivity contribution is -0.144. The van der Waals surface area contributed by atoms with Crippen LogP contribution in [0.3, 0.4) is 0 Å². The summed E-state index contributed by atoms with van der Waals surface area (Å²) in [5, 5.41) is 0. The molecule has 2 saturated heterocycles. The van der Waals surface area contributed by atoms with E-state index < -0.39 is 0 Å². The molecule has 2 unspecified atom stereocenters. The summed E-state index contributed by atoms with van der Waals surface area (Å²) in [6.07, 6.45) is 2.25. The lowest BCUT2D eigenvalue weighted by Gasteiger charge is -2.42. The fourth-order valence-electron chi connectivity index (χ4n) is 3.79. The molecule has 2 aliphatic heterocycles. The first-order valence-corrected chi connectivity index (χ1v) is 8.24. The lowest BCUT2D eigenvalue weighted by Crippen LogP contribution is -2.56. The summed E-state index contributed by atoms with van der Waals surface area (Å²) >= 11 is 0. The van der Waals surface area contributed by atoms with Crippen LogP contribution < -0.4 is 0 Å². The number of rotatable bonds is 2. The molecule has 0 aromatic heterocycles. The second-order valence-electron chi connectivity index (χ2n) is 8.67. The van der Waals surface area contributed by atoms with Crippen LogP contribution >= 0.6 is 0 Å². The average molecular weight is 296 g/mol. The predicted molar refractivity (Wildman–Crippen MR) is 85.0 cm³/mol. The van der Waals surface area contributed by atoms with Gasteiger partial charge in [0.25, 0.3) is 0 Å². The van der Waals surface area contributed by atoms with Gasteiger partial charge in [0.1, 0.15) is 0 Å². The van der Waals surface area contributed by atoms with Crippen molar-refractivity contribution in [1.82, 2.24) is 9.80 Å². The molecule has 0 radical (unpaired) electrons. The fraction of sp³-hybridized carbons (Fsp3) is 0.941. The average Bonchev–Trinajstić information content (AvgIpc) is 2.96. The Morgan fingerprint density at radius 2 is 1.81 bits per heavy atom. The molecule has 0 saturated carbocycles. The quantitative estimate of drug-likeness (QED) is 0.785. The van der Waals surface area contributed by atoms with Crippen LogP contribution in [0.4, 0.5) is 0 Å². The summed E-state index contributed by atoms with van der Waals surface area (Å²) in [6, 6.07) is 0.279. The molecule has 0 N–H and O–H groups in total. The Bertz CT molecular complexity index is 375. The third-order valence-corrected chi connectivity index (χ3v) is 4.73. The van der Waals surface area contributed by atoms with Gasteiger partial charge in [-0.15, -0.1) is 0 Å². The van der Waals surface area contributed by atoms with Crippen LogP contribution in [0.25, 0.3) is 0 Å². The van der Waals surface area contributed by atoms with E-state index in [4.69, 9.17) is 4.74 Å². The Kier molecular flexibility index (Phi) is 4.69. The van der Waals surface area contributed by atoms with Crippen molar-refractivity contribution in [2.75, 3.05) is 26.4 Å². The Hall–Kier alpha value is -0.610. The monoisotopic (exact) mass is 296 g/mol. The van der Waals surface area contributed by atoms with Gasteiger partial charge >= 0.3 is 0 Å². The van der Waals surface area contributed by atoms with Crippen molar-refractivity contribution < 1.29 is 9.53 Å². The molecule has 4 heteroatoms. The molecule has 0 spiro atoms. The number of hydrogen-bond acceptors (Lipinski definition) is 3. The molecule has 2 rings (SSSR count). The normalized spacial score (nSPS) is 26.4. The number of carbonyl (C=O) groups excluding carboxylic acids is 1. The number of likely N-dealkylation sites (tertiary alicyclic amines) is 1. The zero-order valence-electron chi connectivity index (χ0n) is 14.6. The van der Waals surface area contributed by atoms with Gasteiger partial charge in [-0.2, -0.15) is 0 Å². The minimum Gasteiger partial charge on any atom is -0.365 e. The molecule has 0 aliphatic carbocycles. The van der Waals surface area contributed by atoms with E-state index in [1.807, 2.05) is 0 Å². The zero-order valence-corrected chi connectivity index (χ0v) is 14.6. The first-order valence-electron chi connectivity index (χ1n) is 8.24. The highest BCUT2D eigenvalue weighted by Gasteiger charge is 2.45. The maximum atomic E-state index is 13.3. The van der Waals surface area contributed by atoms with Crippen molar-refractivity contribution in [3.8, 4) is 0 Å². The molecule has 2 atom stereocenters. The molecular weight excluding hydrogens is 264 g/mol. The van der Waals surface area contributed by atoms with Crippen LogP contribution in [-0.4, -0.2) is 54.2 Å². The van der Waals surface area contributed by atoms with Gasteiger partial charge < -0.3 is 9.64 Å². The molecule has 1 amide bonds. The summed E-state index contributed by atoms with van der Waals surface area (Å²) < 4.78 is 5.50. The number of hydrogen-bond donors (Lipinski definition) is 0. The highest BCUT2D eigenvalue weighted by molar-refractivity contribution is 5.83. The highest BCUT2D eigenvalue weighted by atomic mass is 16.5. The van der Waals surface area contributed by atoms with Gasteiger partial charge in [-0.25, -0.2) is 0 Å². The van der Waals surface area contributed by atoms with Gasteiger partial charge in [-0.3, -0.25) is 9.69 Å². The van der Waals surface area contributed by atoms with E-state index >= 15 is 0 Å². The van der Waals surface area contributed by atoms with Gasteiger partial charge in [0, 0.05) is 19.1 Å². The Morgan fingerprint density at radius 1 is 1.14 bits per heavy atom. The molecule has 2 fully saturated rings. The minimum absolute atomic E-state index is 0.0736. The van der Waals surface area contributed by atoms with Crippen LogP contribution in [0.5, 0.6) is 0 Å². The number of nitrogens with zero attached hydrogens (tertiary/aromatic N) is 2. The molecule has 4 nitrogen and oxygen atoms in total. The van der Waals surface area contributed by atoms with Crippen LogP contribution in [0.2, 0.25) is 0 Å². The second kappa shape index (κ2) is 5.88. The zero-order chi connectivity index (χ0) is 15.8. The molecule has 2 aliphatic rings. The van der Waals surface area contributed by atoms with Crippen molar-refractivity contribution in [3.05, 3.63) is 0 Å². The van der Waals surface area contributed by atoms with E-state index in [0.29, 0.717) is 18.7 Å². The first kappa shape index (κ1) is 16.8. The minimum atomic E-state index is -0.0806. The maximum absolute atomic E-state index is 13.3. The topological polar surface area (TPSA) is 32.8 Å². The SMILES string of the molecule is CC(C)(C)C(C(=O)N1CCCC1C(C)(C)C)N1CCOC1. The van der Waals surface area contributed by atoms with Crippen LogP contribution in [0.15, 0.2) is 0 Å². The van der Waals surface area contributed by atoms with E-state index in [1.165, 1.54) is 0 Å². The Labute approximate surface area is 129 Å². The molecule has 2 heterocycles. The van der Waals surface area contributed by atoms with Crippen molar-refractivity contribution in [2.24, 2.45) is 10.8 Å². The van der Waals surface area contributed by atoms with E-state index in [1.54, 1.807) is 0 Å². The van der Waals surface area contributed by atoms with Crippen molar-refractivity contribution in [2.45, 2.75) is 66.5 Å². The molecule has 0 aromatic rings. The number of ether oxygens (including phenoxy) is 1. The van der Waals surface area contributed by atoms with E-state index in [9.17, 15) is 4.79 Å². The first-order chi connectivity index (χ1) is 9.62. The highest BCUT2D eigenvalue weighted by Crippen LogP contribution is 2.36. The summed E-state index contributed by atoms with van der Waals surface area (Å²) in [5.41, 5.74) is 0.0753. The van der Waals surface area contributed by atoms with Crippen LogP contribution in [0.1, 0.15) is 54.4 Å².